The first kappa shape index (κ1) is 10.2. The molecule has 0 fully saturated rings. The quantitative estimate of drug-likeness (QED) is 0.830. The number of aromatic nitrogens is 2. The number of fused-ring (bicyclic) bond motifs is 1. The van der Waals surface area contributed by atoms with Crippen LogP contribution in [0.2, 0.25) is 0 Å². The second-order valence-corrected chi connectivity index (χ2v) is 4.18. The Morgan fingerprint density at radius 1 is 1.47 bits per heavy atom. The monoisotopic (exact) mass is 204 g/mol. The molecule has 2 aromatic rings. The lowest BCUT2D eigenvalue weighted by Crippen LogP contribution is -2.11. The van der Waals surface area contributed by atoms with Gasteiger partial charge in [-0.2, -0.15) is 5.10 Å². The van der Waals surface area contributed by atoms with Gasteiger partial charge in [0.25, 0.3) is 0 Å². The molecule has 1 aromatic heterocycles. The summed E-state index contributed by atoms with van der Waals surface area (Å²) in [6.07, 6.45) is 1.88. The zero-order valence-corrected chi connectivity index (χ0v) is 9.14. The Morgan fingerprint density at radius 3 is 3.00 bits per heavy atom. The summed E-state index contributed by atoms with van der Waals surface area (Å²) in [5, 5.41) is 14.5. The van der Waals surface area contributed by atoms with Crippen molar-refractivity contribution < 1.29 is 5.11 Å². The van der Waals surface area contributed by atoms with Crippen LogP contribution in [0.3, 0.4) is 0 Å². The third-order valence-electron chi connectivity index (χ3n) is 2.59. The molecule has 80 valence electrons. The summed E-state index contributed by atoms with van der Waals surface area (Å²) in [5.41, 5.74) is 2.39. The van der Waals surface area contributed by atoms with Crippen LogP contribution in [-0.2, 0) is 6.54 Å². The lowest BCUT2D eigenvalue weighted by molar-refractivity contribution is 0.220. The van der Waals surface area contributed by atoms with Gasteiger partial charge in [0.05, 0.1) is 11.7 Å². The third kappa shape index (κ3) is 2.02. The molecule has 0 bridgehead atoms. The molecule has 1 aromatic carbocycles. The number of nitrogens with zero attached hydrogens (tertiary/aromatic N) is 2. The minimum atomic E-state index is 0.202. The molecule has 1 unspecified atom stereocenters. The van der Waals surface area contributed by atoms with Crippen LogP contribution in [0.25, 0.3) is 10.9 Å². The molecule has 1 N–H and O–H groups in total. The Kier molecular flexibility index (Phi) is 2.73. The number of aryl methyl sites for hydroxylation is 1. The predicted octanol–water partition coefficient (Wildman–Crippen LogP) is 1.97. The van der Waals surface area contributed by atoms with E-state index in [0.29, 0.717) is 0 Å². The maximum atomic E-state index is 9.01. The van der Waals surface area contributed by atoms with Crippen LogP contribution in [0.4, 0.5) is 0 Å². The molecule has 3 nitrogen and oxygen atoms in total. The van der Waals surface area contributed by atoms with Gasteiger partial charge in [-0.1, -0.05) is 18.6 Å². The van der Waals surface area contributed by atoms with E-state index in [1.54, 1.807) is 0 Å². The highest BCUT2D eigenvalue weighted by Gasteiger charge is 2.06. The highest BCUT2D eigenvalue weighted by Crippen LogP contribution is 2.16. The number of aliphatic hydroxyl groups is 1. The van der Waals surface area contributed by atoms with Gasteiger partial charge in [-0.25, -0.2) is 0 Å². The van der Waals surface area contributed by atoms with E-state index < -0.39 is 0 Å². The van der Waals surface area contributed by atoms with Crippen LogP contribution < -0.4 is 0 Å². The predicted molar refractivity (Wildman–Crippen MR) is 60.7 cm³/mol. The first-order chi connectivity index (χ1) is 7.20. The van der Waals surface area contributed by atoms with E-state index in [-0.39, 0.29) is 12.5 Å². The third-order valence-corrected chi connectivity index (χ3v) is 2.59. The van der Waals surface area contributed by atoms with E-state index in [1.165, 1.54) is 10.9 Å². The molecule has 1 atom stereocenters. The van der Waals surface area contributed by atoms with Crippen LogP contribution in [-0.4, -0.2) is 21.5 Å². The maximum absolute atomic E-state index is 9.01. The minimum Gasteiger partial charge on any atom is -0.396 e. The molecule has 0 aliphatic carbocycles. The van der Waals surface area contributed by atoms with Gasteiger partial charge in [0, 0.05) is 18.5 Å². The van der Waals surface area contributed by atoms with Crippen molar-refractivity contribution in [2.45, 2.75) is 20.4 Å². The van der Waals surface area contributed by atoms with Crippen molar-refractivity contribution in [3.8, 4) is 0 Å². The summed E-state index contributed by atoms with van der Waals surface area (Å²) in [5.74, 6) is 0.245. The first-order valence-electron chi connectivity index (χ1n) is 5.23. The summed E-state index contributed by atoms with van der Waals surface area (Å²) in [6, 6.07) is 6.30. The molecular weight excluding hydrogens is 188 g/mol. The van der Waals surface area contributed by atoms with Crippen LogP contribution in [0.15, 0.2) is 24.4 Å². The Balaban J connectivity index is 2.36. The molecule has 0 aliphatic rings. The van der Waals surface area contributed by atoms with Crippen molar-refractivity contribution in [1.29, 1.82) is 0 Å². The molecule has 0 spiro atoms. The number of rotatable bonds is 3. The lowest BCUT2D eigenvalue weighted by atomic mass is 10.1. The molecule has 15 heavy (non-hydrogen) atoms. The molecule has 0 saturated heterocycles. The lowest BCUT2D eigenvalue weighted by Gasteiger charge is -2.08. The smallest absolute Gasteiger partial charge is 0.0682 e. The van der Waals surface area contributed by atoms with Crippen molar-refractivity contribution >= 4 is 10.9 Å². The van der Waals surface area contributed by atoms with Gasteiger partial charge < -0.3 is 5.11 Å². The van der Waals surface area contributed by atoms with E-state index in [0.717, 1.165) is 12.1 Å². The van der Waals surface area contributed by atoms with E-state index in [4.69, 9.17) is 5.11 Å². The van der Waals surface area contributed by atoms with Gasteiger partial charge in [-0.05, 0) is 25.0 Å². The Bertz CT molecular complexity index is 462. The summed E-state index contributed by atoms with van der Waals surface area (Å²) in [6.45, 7) is 5.06. The molecular formula is C12H16N2O. The number of hydrogen-bond acceptors (Lipinski definition) is 2. The van der Waals surface area contributed by atoms with E-state index in [1.807, 2.05) is 17.8 Å². The molecule has 1 heterocycles. The van der Waals surface area contributed by atoms with Crippen LogP contribution in [0.5, 0.6) is 0 Å². The fourth-order valence-corrected chi connectivity index (χ4v) is 1.70. The van der Waals surface area contributed by atoms with Gasteiger partial charge in [-0.15, -0.1) is 0 Å². The highest BCUT2D eigenvalue weighted by atomic mass is 16.3. The average molecular weight is 204 g/mol. The van der Waals surface area contributed by atoms with Crippen LogP contribution in [0, 0.1) is 12.8 Å². The summed E-state index contributed by atoms with van der Waals surface area (Å²) in [7, 11) is 0. The van der Waals surface area contributed by atoms with Crippen molar-refractivity contribution in [3.63, 3.8) is 0 Å². The Labute approximate surface area is 89.3 Å². The largest absolute Gasteiger partial charge is 0.396 e. The van der Waals surface area contributed by atoms with Crippen LogP contribution >= 0.6 is 0 Å². The Hall–Kier alpha value is -1.35. The minimum absolute atomic E-state index is 0.202. The van der Waals surface area contributed by atoms with Gasteiger partial charge in [-0.3, -0.25) is 4.68 Å². The number of hydrogen-bond donors (Lipinski definition) is 1. The molecule has 2 rings (SSSR count). The standard InChI is InChI=1S/C12H16N2O/c1-9-3-4-12-11(5-9)6-13-14(12)7-10(2)8-15/h3-6,10,15H,7-8H2,1-2H3. The maximum Gasteiger partial charge on any atom is 0.0682 e. The van der Waals surface area contributed by atoms with Crippen molar-refractivity contribution in [2.75, 3.05) is 6.61 Å². The summed E-state index contributed by atoms with van der Waals surface area (Å²) >= 11 is 0. The molecule has 0 aliphatic heterocycles. The van der Waals surface area contributed by atoms with E-state index >= 15 is 0 Å². The van der Waals surface area contributed by atoms with Crippen molar-refractivity contribution in [3.05, 3.63) is 30.0 Å². The second kappa shape index (κ2) is 4.03. The zero-order chi connectivity index (χ0) is 10.8. The van der Waals surface area contributed by atoms with Crippen molar-refractivity contribution in [2.24, 2.45) is 5.92 Å². The fourth-order valence-electron chi connectivity index (χ4n) is 1.70. The average Bonchev–Trinajstić information content (AvgIpc) is 2.60. The SMILES string of the molecule is Cc1ccc2c(cnn2CC(C)CO)c1. The molecule has 3 heteroatoms. The Morgan fingerprint density at radius 2 is 2.27 bits per heavy atom. The summed E-state index contributed by atoms with van der Waals surface area (Å²) in [4.78, 5) is 0. The molecule has 0 saturated carbocycles. The van der Waals surface area contributed by atoms with E-state index in [9.17, 15) is 0 Å². The number of aliphatic hydroxyl groups excluding tert-OH is 1. The first-order valence-corrected chi connectivity index (χ1v) is 5.23. The van der Waals surface area contributed by atoms with Gasteiger partial charge >= 0.3 is 0 Å². The van der Waals surface area contributed by atoms with E-state index in [2.05, 4.69) is 30.2 Å². The molecule has 0 amide bonds. The zero-order valence-electron chi connectivity index (χ0n) is 9.14. The normalized spacial score (nSPS) is 13.3. The van der Waals surface area contributed by atoms with Gasteiger partial charge in [0.2, 0.25) is 0 Å². The molecule has 0 radical (unpaired) electrons. The van der Waals surface area contributed by atoms with Gasteiger partial charge in [0.1, 0.15) is 0 Å². The second-order valence-electron chi connectivity index (χ2n) is 4.18. The van der Waals surface area contributed by atoms with Gasteiger partial charge in [0.15, 0.2) is 0 Å². The summed E-state index contributed by atoms with van der Waals surface area (Å²) < 4.78 is 1.95. The van der Waals surface area contributed by atoms with Crippen LogP contribution in [0.1, 0.15) is 12.5 Å². The van der Waals surface area contributed by atoms with Crippen molar-refractivity contribution in [1.82, 2.24) is 9.78 Å². The highest BCUT2D eigenvalue weighted by molar-refractivity contribution is 5.79. The fraction of sp³-hybridized carbons (Fsp3) is 0.417. The number of benzene rings is 1. The topological polar surface area (TPSA) is 38.0 Å².